The van der Waals surface area contributed by atoms with Crippen molar-refractivity contribution < 1.29 is 24.0 Å². The van der Waals surface area contributed by atoms with Crippen molar-refractivity contribution in [3.8, 4) is 18.1 Å². The van der Waals surface area contributed by atoms with Crippen molar-refractivity contribution in [2.75, 3.05) is 26.2 Å². The molecule has 1 atom stereocenters. The van der Waals surface area contributed by atoms with Crippen molar-refractivity contribution >= 4 is 23.6 Å². The van der Waals surface area contributed by atoms with Gasteiger partial charge in [-0.1, -0.05) is 30.3 Å². The Kier molecular flexibility index (Phi) is 8.78. The molecule has 10 heteroatoms. The molecule has 35 heavy (non-hydrogen) atoms. The highest BCUT2D eigenvalue weighted by atomic mass is 16.6. The number of rotatable bonds is 8. The van der Waals surface area contributed by atoms with E-state index in [1.54, 1.807) is 4.90 Å². The maximum atomic E-state index is 12.9. The number of nitro groups is 1. The summed E-state index contributed by atoms with van der Waals surface area (Å²) in [6.45, 7) is 0.838. The third-order valence-corrected chi connectivity index (χ3v) is 5.55. The topological polar surface area (TPSA) is 122 Å². The van der Waals surface area contributed by atoms with Gasteiger partial charge in [0.1, 0.15) is 5.75 Å². The smallest absolute Gasteiger partial charge is 0.410 e. The minimum atomic E-state index is -0.670. The van der Waals surface area contributed by atoms with Gasteiger partial charge in [0.05, 0.1) is 17.4 Å². The molecular weight excluding hydrogens is 452 g/mol. The predicted octanol–water partition coefficient (Wildman–Crippen LogP) is 2.38. The number of nitro benzene ring substituents is 1. The second kappa shape index (κ2) is 12.2. The molecule has 0 radical (unpaired) electrons. The van der Waals surface area contributed by atoms with Crippen molar-refractivity contribution in [1.82, 2.24) is 15.1 Å². The Morgan fingerprint density at radius 3 is 2.49 bits per heavy atom. The number of nitrogens with zero attached hydrogens (tertiary/aromatic N) is 3. The fraction of sp³-hybridized carbons (Fsp3) is 0.320. The number of hydrogen-bond acceptors (Lipinski definition) is 6. The van der Waals surface area contributed by atoms with Crippen LogP contribution in [0.4, 0.5) is 10.5 Å². The van der Waals surface area contributed by atoms with Gasteiger partial charge in [0, 0.05) is 51.2 Å². The number of piperazine rings is 1. The van der Waals surface area contributed by atoms with E-state index in [0.717, 1.165) is 5.56 Å². The van der Waals surface area contributed by atoms with Crippen LogP contribution in [-0.2, 0) is 16.0 Å². The molecule has 1 saturated heterocycles. The van der Waals surface area contributed by atoms with Gasteiger partial charge in [-0.2, -0.15) is 0 Å². The third-order valence-electron chi connectivity index (χ3n) is 5.55. The Morgan fingerprint density at radius 2 is 1.83 bits per heavy atom. The van der Waals surface area contributed by atoms with Crippen LogP contribution in [0.5, 0.6) is 5.75 Å². The number of ether oxygens (including phenoxy) is 1. The Balaban J connectivity index is 1.66. The Morgan fingerprint density at radius 1 is 1.11 bits per heavy atom. The Labute approximate surface area is 203 Å². The lowest BCUT2D eigenvalue weighted by Gasteiger charge is -2.40. The van der Waals surface area contributed by atoms with E-state index in [2.05, 4.69) is 11.2 Å². The first kappa shape index (κ1) is 25.2. The summed E-state index contributed by atoms with van der Waals surface area (Å²) in [5, 5.41) is 13.7. The minimum Gasteiger partial charge on any atom is -0.410 e. The van der Waals surface area contributed by atoms with Gasteiger partial charge < -0.3 is 15.0 Å². The van der Waals surface area contributed by atoms with Crippen molar-refractivity contribution in [2.24, 2.45) is 0 Å². The molecule has 3 rings (SSSR count). The summed E-state index contributed by atoms with van der Waals surface area (Å²) < 4.78 is 5.40. The quantitative estimate of drug-likeness (QED) is 0.353. The fourth-order valence-corrected chi connectivity index (χ4v) is 3.70. The van der Waals surface area contributed by atoms with E-state index in [0.29, 0.717) is 13.0 Å². The molecule has 0 aliphatic carbocycles. The van der Waals surface area contributed by atoms with E-state index in [1.165, 1.54) is 29.2 Å². The number of nitrogens with one attached hydrogen (secondary N) is 1. The fourth-order valence-electron chi connectivity index (χ4n) is 3.70. The molecule has 182 valence electrons. The molecule has 2 aromatic rings. The van der Waals surface area contributed by atoms with E-state index in [9.17, 15) is 24.5 Å². The molecule has 0 aromatic heterocycles. The second-order valence-corrected chi connectivity index (χ2v) is 7.98. The van der Waals surface area contributed by atoms with Crippen LogP contribution in [0.2, 0.25) is 0 Å². The monoisotopic (exact) mass is 478 g/mol. The second-order valence-electron chi connectivity index (χ2n) is 7.98. The third kappa shape index (κ3) is 7.30. The largest absolute Gasteiger partial charge is 0.415 e. The molecule has 1 aliphatic rings. The molecule has 0 saturated carbocycles. The Bertz CT molecular complexity index is 1100. The number of benzene rings is 2. The highest BCUT2D eigenvalue weighted by Gasteiger charge is 2.33. The van der Waals surface area contributed by atoms with E-state index in [-0.39, 0.29) is 55.7 Å². The van der Waals surface area contributed by atoms with Gasteiger partial charge in [-0.25, -0.2) is 4.79 Å². The van der Waals surface area contributed by atoms with E-state index >= 15 is 0 Å². The lowest BCUT2D eigenvalue weighted by atomic mass is 10.1. The van der Waals surface area contributed by atoms with Crippen LogP contribution in [0, 0.1) is 22.5 Å². The first-order valence-corrected chi connectivity index (χ1v) is 11.1. The first-order valence-electron chi connectivity index (χ1n) is 11.1. The summed E-state index contributed by atoms with van der Waals surface area (Å²) in [5.41, 5.74) is 0.733. The number of carbonyl (C=O) groups excluding carboxylic acids is 3. The molecule has 1 N–H and O–H groups in total. The molecule has 1 aliphatic heterocycles. The highest BCUT2D eigenvalue weighted by molar-refractivity contribution is 5.79. The zero-order chi connectivity index (χ0) is 25.2. The molecule has 3 amide bonds. The number of non-ortho nitro benzene ring substituents is 1. The molecule has 1 heterocycles. The van der Waals surface area contributed by atoms with Crippen LogP contribution in [-0.4, -0.2) is 64.9 Å². The number of hydrogen-bond donors (Lipinski definition) is 1. The van der Waals surface area contributed by atoms with Gasteiger partial charge in [-0.3, -0.25) is 24.6 Å². The first-order chi connectivity index (χ1) is 16.9. The number of amides is 3. The van der Waals surface area contributed by atoms with Crippen LogP contribution in [0.15, 0.2) is 54.6 Å². The SMILES string of the molecule is C#CCCC(=O)N1CCN(C(=O)Oc2ccc([N+](=O)[O-])cc2)C(CNC(=O)Cc2ccccc2)C1. The number of terminal acetylenes is 1. The molecule has 0 spiro atoms. The van der Waals surface area contributed by atoms with E-state index < -0.39 is 17.1 Å². The van der Waals surface area contributed by atoms with Crippen LogP contribution in [0.3, 0.4) is 0 Å². The zero-order valence-electron chi connectivity index (χ0n) is 19.1. The lowest BCUT2D eigenvalue weighted by Crippen LogP contribution is -2.60. The maximum absolute atomic E-state index is 12.9. The van der Waals surface area contributed by atoms with Crippen molar-refractivity contribution in [2.45, 2.75) is 25.3 Å². The number of carbonyl (C=O) groups is 3. The molecule has 10 nitrogen and oxygen atoms in total. The minimum absolute atomic E-state index is 0.119. The van der Waals surface area contributed by atoms with Crippen LogP contribution < -0.4 is 10.1 Å². The van der Waals surface area contributed by atoms with E-state index in [1.807, 2.05) is 30.3 Å². The molecule has 1 unspecified atom stereocenters. The summed E-state index contributed by atoms with van der Waals surface area (Å²) in [4.78, 5) is 51.2. The average Bonchev–Trinajstić information content (AvgIpc) is 2.86. The van der Waals surface area contributed by atoms with Gasteiger partial charge >= 0.3 is 6.09 Å². The predicted molar refractivity (Wildman–Crippen MR) is 127 cm³/mol. The van der Waals surface area contributed by atoms with E-state index in [4.69, 9.17) is 11.2 Å². The lowest BCUT2D eigenvalue weighted by molar-refractivity contribution is -0.384. The van der Waals surface area contributed by atoms with Gasteiger partial charge in [0.2, 0.25) is 11.8 Å². The van der Waals surface area contributed by atoms with Crippen molar-refractivity contribution in [1.29, 1.82) is 0 Å². The Hall–Kier alpha value is -4.39. The summed E-state index contributed by atoms with van der Waals surface area (Å²) >= 11 is 0. The summed E-state index contributed by atoms with van der Waals surface area (Å²) in [5.74, 6) is 2.27. The molecule has 2 aromatic carbocycles. The van der Waals surface area contributed by atoms with Crippen molar-refractivity contribution in [3.63, 3.8) is 0 Å². The summed E-state index contributed by atoms with van der Waals surface area (Å²) in [6, 6.07) is 13.9. The van der Waals surface area contributed by atoms with Gasteiger partial charge in [-0.15, -0.1) is 12.3 Å². The normalized spacial score (nSPS) is 15.1. The van der Waals surface area contributed by atoms with Crippen LogP contribution in [0.25, 0.3) is 0 Å². The van der Waals surface area contributed by atoms with Crippen LogP contribution in [0.1, 0.15) is 18.4 Å². The van der Waals surface area contributed by atoms with Gasteiger partial charge in [0.15, 0.2) is 0 Å². The highest BCUT2D eigenvalue weighted by Crippen LogP contribution is 2.20. The van der Waals surface area contributed by atoms with Crippen LogP contribution >= 0.6 is 0 Å². The summed E-state index contributed by atoms with van der Waals surface area (Å²) in [6.07, 6.45) is 5.30. The molecule has 1 fully saturated rings. The molecular formula is C25H26N4O6. The maximum Gasteiger partial charge on any atom is 0.415 e. The average molecular weight is 479 g/mol. The van der Waals surface area contributed by atoms with Gasteiger partial charge in [-0.05, 0) is 17.7 Å². The van der Waals surface area contributed by atoms with Crippen molar-refractivity contribution in [3.05, 3.63) is 70.3 Å². The zero-order valence-corrected chi connectivity index (χ0v) is 19.1. The molecule has 0 bridgehead atoms. The van der Waals surface area contributed by atoms with Gasteiger partial charge in [0.25, 0.3) is 5.69 Å². The standard InChI is InChI=1S/C25H26N4O6/c1-2-3-9-24(31)27-14-15-28(25(32)35-22-12-10-20(11-13-22)29(33)34)21(18-27)17-26-23(30)16-19-7-5-4-6-8-19/h1,4-8,10-13,21H,3,9,14-18H2,(H,26,30). The summed E-state index contributed by atoms with van der Waals surface area (Å²) in [7, 11) is 0.